The lowest BCUT2D eigenvalue weighted by atomic mass is 10.1. The summed E-state index contributed by atoms with van der Waals surface area (Å²) in [6.07, 6.45) is 2.96. The molecule has 0 spiro atoms. The van der Waals surface area contributed by atoms with Crippen molar-refractivity contribution in [2.24, 2.45) is 0 Å². The van der Waals surface area contributed by atoms with Gasteiger partial charge in [0, 0.05) is 49.7 Å². The number of hydrogen-bond acceptors (Lipinski definition) is 4. The lowest BCUT2D eigenvalue weighted by molar-refractivity contribution is 0.0944. The summed E-state index contributed by atoms with van der Waals surface area (Å²) in [7, 11) is 2.16. The fourth-order valence-corrected chi connectivity index (χ4v) is 4.68. The summed E-state index contributed by atoms with van der Waals surface area (Å²) in [5, 5.41) is 7.87. The standard InChI is InChI=1S/C25H29N5O/c1-28-14-16-29(17-15-28)22-12-6-5-8-19(22)18-26-25(31)24-21-11-7-13-23(21)30(27-24)20-9-3-2-4-10-20/h2-6,8-10,12H,7,11,13-18H2,1H3,(H,26,31). The zero-order valence-electron chi connectivity index (χ0n) is 18.1. The van der Waals surface area contributed by atoms with Crippen LogP contribution in [0.2, 0.25) is 0 Å². The average molecular weight is 416 g/mol. The first-order chi connectivity index (χ1) is 15.2. The number of aromatic nitrogens is 2. The number of amides is 1. The second kappa shape index (κ2) is 8.55. The highest BCUT2D eigenvalue weighted by molar-refractivity contribution is 5.94. The van der Waals surface area contributed by atoms with Crippen LogP contribution in [0.25, 0.3) is 5.69 Å². The van der Waals surface area contributed by atoms with Crippen LogP contribution in [-0.2, 0) is 19.4 Å². The van der Waals surface area contributed by atoms with Gasteiger partial charge in [0.15, 0.2) is 5.69 Å². The lowest BCUT2D eigenvalue weighted by Gasteiger charge is -2.35. The maximum atomic E-state index is 13.1. The zero-order chi connectivity index (χ0) is 21.2. The first kappa shape index (κ1) is 19.8. The van der Waals surface area contributed by atoms with Crippen LogP contribution in [0.5, 0.6) is 0 Å². The van der Waals surface area contributed by atoms with Crippen LogP contribution in [0.1, 0.15) is 33.7 Å². The van der Waals surface area contributed by atoms with E-state index in [2.05, 4.69) is 40.4 Å². The van der Waals surface area contributed by atoms with Gasteiger partial charge < -0.3 is 15.1 Å². The molecule has 3 aromatic rings. The van der Waals surface area contributed by atoms with Crippen LogP contribution in [0.4, 0.5) is 5.69 Å². The van der Waals surface area contributed by atoms with Crippen molar-refractivity contribution in [3.8, 4) is 5.69 Å². The van der Waals surface area contributed by atoms with E-state index in [1.807, 2.05) is 41.1 Å². The number of rotatable bonds is 5. The van der Waals surface area contributed by atoms with Crippen molar-refractivity contribution in [3.05, 3.63) is 77.1 Å². The molecule has 0 atom stereocenters. The second-order valence-corrected chi connectivity index (χ2v) is 8.48. The molecule has 0 radical (unpaired) electrons. The van der Waals surface area contributed by atoms with Crippen molar-refractivity contribution in [3.63, 3.8) is 0 Å². The Bertz CT molecular complexity index is 1070. The highest BCUT2D eigenvalue weighted by atomic mass is 16.1. The van der Waals surface area contributed by atoms with Crippen LogP contribution >= 0.6 is 0 Å². The summed E-state index contributed by atoms with van der Waals surface area (Å²) >= 11 is 0. The number of hydrogen-bond donors (Lipinski definition) is 1. The van der Waals surface area contributed by atoms with Gasteiger partial charge in [-0.05, 0) is 50.1 Å². The Morgan fingerprint density at radius 2 is 1.71 bits per heavy atom. The van der Waals surface area contributed by atoms with Gasteiger partial charge in [-0.3, -0.25) is 4.79 Å². The molecule has 0 saturated carbocycles. The van der Waals surface area contributed by atoms with Gasteiger partial charge >= 0.3 is 0 Å². The third-order valence-corrected chi connectivity index (χ3v) is 6.42. The predicted molar refractivity (Wildman–Crippen MR) is 123 cm³/mol. The molecule has 160 valence electrons. The first-order valence-corrected chi connectivity index (χ1v) is 11.2. The Hall–Kier alpha value is -3.12. The van der Waals surface area contributed by atoms with Gasteiger partial charge in [0.25, 0.3) is 5.91 Å². The van der Waals surface area contributed by atoms with Crippen molar-refractivity contribution >= 4 is 11.6 Å². The molecule has 1 amide bonds. The molecule has 31 heavy (non-hydrogen) atoms. The quantitative estimate of drug-likeness (QED) is 0.696. The highest BCUT2D eigenvalue weighted by Gasteiger charge is 2.27. The van der Waals surface area contributed by atoms with E-state index in [-0.39, 0.29) is 5.91 Å². The number of carbonyl (C=O) groups excluding carboxylic acids is 1. The largest absolute Gasteiger partial charge is 0.369 e. The van der Waals surface area contributed by atoms with Crippen molar-refractivity contribution in [1.82, 2.24) is 20.0 Å². The Labute approximate surface area is 183 Å². The van der Waals surface area contributed by atoms with E-state index >= 15 is 0 Å². The van der Waals surface area contributed by atoms with E-state index in [0.29, 0.717) is 12.2 Å². The lowest BCUT2D eigenvalue weighted by Crippen LogP contribution is -2.45. The molecule has 1 saturated heterocycles. The molecule has 1 N–H and O–H groups in total. The molecular weight excluding hydrogens is 386 g/mol. The van der Waals surface area contributed by atoms with Crippen LogP contribution in [-0.4, -0.2) is 53.8 Å². The summed E-state index contributed by atoms with van der Waals surface area (Å²) in [4.78, 5) is 17.9. The average Bonchev–Trinajstić information content (AvgIpc) is 3.42. The fourth-order valence-electron chi connectivity index (χ4n) is 4.68. The summed E-state index contributed by atoms with van der Waals surface area (Å²) in [6.45, 7) is 4.65. The minimum absolute atomic E-state index is 0.0824. The molecule has 1 fully saturated rings. The van der Waals surface area contributed by atoms with E-state index in [9.17, 15) is 4.79 Å². The molecular formula is C25H29N5O. The number of para-hydroxylation sites is 2. The maximum Gasteiger partial charge on any atom is 0.272 e. The number of piperazine rings is 1. The number of carbonyl (C=O) groups is 1. The Morgan fingerprint density at radius 3 is 2.52 bits per heavy atom. The molecule has 2 aliphatic rings. The molecule has 0 unspecified atom stereocenters. The zero-order valence-corrected chi connectivity index (χ0v) is 18.1. The molecule has 1 aliphatic heterocycles. The molecule has 6 heteroatoms. The number of fused-ring (bicyclic) bond motifs is 1. The number of anilines is 1. The van der Waals surface area contributed by atoms with E-state index in [4.69, 9.17) is 5.10 Å². The SMILES string of the molecule is CN1CCN(c2ccccc2CNC(=O)c2nn(-c3ccccc3)c3c2CCC3)CC1. The van der Waals surface area contributed by atoms with Crippen LogP contribution in [0.15, 0.2) is 54.6 Å². The van der Waals surface area contributed by atoms with E-state index in [1.54, 1.807) is 0 Å². The minimum atomic E-state index is -0.0824. The van der Waals surface area contributed by atoms with Gasteiger partial charge in [-0.1, -0.05) is 36.4 Å². The Morgan fingerprint density at radius 1 is 0.968 bits per heavy atom. The topological polar surface area (TPSA) is 53.4 Å². The number of benzene rings is 2. The molecule has 5 rings (SSSR count). The monoisotopic (exact) mass is 415 g/mol. The van der Waals surface area contributed by atoms with Gasteiger partial charge in [0.05, 0.1) is 5.69 Å². The first-order valence-electron chi connectivity index (χ1n) is 11.2. The number of likely N-dealkylation sites (N-methyl/N-ethyl adjacent to an activating group) is 1. The molecule has 2 heterocycles. The summed E-state index contributed by atoms with van der Waals surface area (Å²) < 4.78 is 1.95. The van der Waals surface area contributed by atoms with Crippen LogP contribution in [0, 0.1) is 0 Å². The Kier molecular flexibility index (Phi) is 5.47. The molecule has 2 aromatic carbocycles. The molecule has 0 bridgehead atoms. The van der Waals surface area contributed by atoms with Crippen molar-refractivity contribution in [1.29, 1.82) is 0 Å². The van der Waals surface area contributed by atoms with Gasteiger partial charge in [-0.25, -0.2) is 4.68 Å². The van der Waals surface area contributed by atoms with Gasteiger partial charge in [-0.15, -0.1) is 0 Å². The molecule has 1 aliphatic carbocycles. The van der Waals surface area contributed by atoms with E-state index < -0.39 is 0 Å². The highest BCUT2D eigenvalue weighted by Crippen LogP contribution is 2.28. The fraction of sp³-hybridized carbons (Fsp3) is 0.360. The Balaban J connectivity index is 1.35. The normalized spacial score (nSPS) is 16.4. The predicted octanol–water partition coefficient (Wildman–Crippen LogP) is 3.04. The third-order valence-electron chi connectivity index (χ3n) is 6.42. The number of nitrogens with zero attached hydrogens (tertiary/aromatic N) is 4. The van der Waals surface area contributed by atoms with E-state index in [1.165, 1.54) is 11.4 Å². The molecule has 1 aromatic heterocycles. The smallest absolute Gasteiger partial charge is 0.272 e. The van der Waals surface area contributed by atoms with Crippen molar-refractivity contribution in [2.75, 3.05) is 38.1 Å². The van der Waals surface area contributed by atoms with Crippen molar-refractivity contribution in [2.45, 2.75) is 25.8 Å². The van der Waals surface area contributed by atoms with Gasteiger partial charge in [-0.2, -0.15) is 5.10 Å². The van der Waals surface area contributed by atoms with Gasteiger partial charge in [0.1, 0.15) is 0 Å². The van der Waals surface area contributed by atoms with Crippen LogP contribution in [0.3, 0.4) is 0 Å². The van der Waals surface area contributed by atoms with Crippen LogP contribution < -0.4 is 10.2 Å². The van der Waals surface area contributed by atoms with Gasteiger partial charge in [0.2, 0.25) is 0 Å². The minimum Gasteiger partial charge on any atom is -0.369 e. The summed E-state index contributed by atoms with van der Waals surface area (Å²) in [5.74, 6) is -0.0824. The van der Waals surface area contributed by atoms with E-state index in [0.717, 1.165) is 62.3 Å². The summed E-state index contributed by atoms with van der Waals surface area (Å²) in [5.41, 5.74) is 6.24. The summed E-state index contributed by atoms with van der Waals surface area (Å²) in [6, 6.07) is 18.5. The maximum absolute atomic E-state index is 13.1. The molecule has 6 nitrogen and oxygen atoms in total. The third kappa shape index (κ3) is 3.95. The number of nitrogens with one attached hydrogen (secondary N) is 1. The van der Waals surface area contributed by atoms with Crippen molar-refractivity contribution < 1.29 is 4.79 Å². The second-order valence-electron chi connectivity index (χ2n) is 8.48.